The SMILES string of the molecule is O=C(NCCN1CCN(C(=O)c2ccccc2)CC1)c1ccccn1. The van der Waals surface area contributed by atoms with Gasteiger partial charge in [0.1, 0.15) is 5.69 Å². The van der Waals surface area contributed by atoms with Gasteiger partial charge in [0.2, 0.25) is 0 Å². The Kier molecular flexibility index (Phi) is 5.74. The summed E-state index contributed by atoms with van der Waals surface area (Å²) in [6.07, 6.45) is 1.61. The van der Waals surface area contributed by atoms with Crippen LogP contribution in [0.4, 0.5) is 0 Å². The molecule has 0 saturated carbocycles. The van der Waals surface area contributed by atoms with Crippen LogP contribution in [-0.4, -0.2) is 65.9 Å². The largest absolute Gasteiger partial charge is 0.349 e. The predicted molar refractivity (Wildman–Crippen MR) is 95.4 cm³/mol. The Bertz CT molecular complexity index is 695. The Labute approximate surface area is 147 Å². The van der Waals surface area contributed by atoms with Crippen molar-refractivity contribution in [1.29, 1.82) is 0 Å². The van der Waals surface area contributed by atoms with E-state index in [1.807, 2.05) is 35.2 Å². The number of pyridine rings is 1. The zero-order valence-electron chi connectivity index (χ0n) is 14.1. The van der Waals surface area contributed by atoms with Crippen molar-refractivity contribution in [3.05, 3.63) is 66.0 Å². The van der Waals surface area contributed by atoms with Gasteiger partial charge >= 0.3 is 0 Å². The predicted octanol–water partition coefficient (Wildman–Crippen LogP) is 1.27. The van der Waals surface area contributed by atoms with Gasteiger partial charge in [-0.15, -0.1) is 0 Å². The van der Waals surface area contributed by atoms with Gasteiger partial charge in [-0.1, -0.05) is 24.3 Å². The topological polar surface area (TPSA) is 65.5 Å². The summed E-state index contributed by atoms with van der Waals surface area (Å²) in [5.74, 6) is -0.0674. The summed E-state index contributed by atoms with van der Waals surface area (Å²) in [6, 6.07) is 14.7. The number of amides is 2. The van der Waals surface area contributed by atoms with Crippen LogP contribution in [0.25, 0.3) is 0 Å². The molecule has 1 saturated heterocycles. The highest BCUT2D eigenvalue weighted by Gasteiger charge is 2.21. The van der Waals surface area contributed by atoms with Crippen LogP contribution >= 0.6 is 0 Å². The van der Waals surface area contributed by atoms with Gasteiger partial charge in [-0.25, -0.2) is 0 Å². The second kappa shape index (κ2) is 8.39. The van der Waals surface area contributed by atoms with E-state index in [0.717, 1.165) is 25.2 Å². The maximum absolute atomic E-state index is 12.4. The van der Waals surface area contributed by atoms with Crippen molar-refractivity contribution in [3.8, 4) is 0 Å². The number of nitrogens with one attached hydrogen (secondary N) is 1. The van der Waals surface area contributed by atoms with E-state index in [1.165, 1.54) is 0 Å². The van der Waals surface area contributed by atoms with E-state index in [-0.39, 0.29) is 11.8 Å². The van der Waals surface area contributed by atoms with Gasteiger partial charge in [0, 0.05) is 51.0 Å². The van der Waals surface area contributed by atoms with E-state index in [2.05, 4.69) is 15.2 Å². The van der Waals surface area contributed by atoms with Crippen molar-refractivity contribution in [1.82, 2.24) is 20.1 Å². The van der Waals surface area contributed by atoms with E-state index >= 15 is 0 Å². The van der Waals surface area contributed by atoms with Crippen LogP contribution in [0, 0.1) is 0 Å². The zero-order valence-corrected chi connectivity index (χ0v) is 14.1. The molecule has 0 bridgehead atoms. The number of benzene rings is 1. The van der Waals surface area contributed by atoms with Crippen LogP contribution in [0.3, 0.4) is 0 Å². The molecule has 6 heteroatoms. The highest BCUT2D eigenvalue weighted by atomic mass is 16.2. The fraction of sp³-hybridized carbons (Fsp3) is 0.316. The molecule has 1 N–H and O–H groups in total. The van der Waals surface area contributed by atoms with Crippen molar-refractivity contribution < 1.29 is 9.59 Å². The second-order valence-corrected chi connectivity index (χ2v) is 5.97. The first-order chi connectivity index (χ1) is 12.2. The van der Waals surface area contributed by atoms with Gasteiger partial charge in [-0.05, 0) is 24.3 Å². The van der Waals surface area contributed by atoms with Gasteiger partial charge in [-0.3, -0.25) is 19.5 Å². The summed E-state index contributed by atoms with van der Waals surface area (Å²) in [7, 11) is 0. The lowest BCUT2D eigenvalue weighted by molar-refractivity contribution is 0.0638. The average molecular weight is 338 g/mol. The Morgan fingerprint density at radius 3 is 2.36 bits per heavy atom. The zero-order chi connectivity index (χ0) is 17.5. The molecule has 6 nitrogen and oxygen atoms in total. The van der Waals surface area contributed by atoms with Gasteiger partial charge in [0.25, 0.3) is 11.8 Å². The van der Waals surface area contributed by atoms with E-state index in [0.29, 0.717) is 25.3 Å². The highest BCUT2D eigenvalue weighted by Crippen LogP contribution is 2.08. The summed E-state index contributed by atoms with van der Waals surface area (Å²) in [5.41, 5.74) is 1.17. The summed E-state index contributed by atoms with van der Waals surface area (Å²) < 4.78 is 0. The minimum Gasteiger partial charge on any atom is -0.349 e. The van der Waals surface area contributed by atoms with Gasteiger partial charge < -0.3 is 10.2 Å². The van der Waals surface area contributed by atoms with Crippen LogP contribution in [-0.2, 0) is 0 Å². The van der Waals surface area contributed by atoms with Crippen LogP contribution in [0.2, 0.25) is 0 Å². The Morgan fingerprint density at radius 1 is 0.960 bits per heavy atom. The molecule has 1 aromatic heterocycles. The van der Waals surface area contributed by atoms with Crippen molar-refractivity contribution >= 4 is 11.8 Å². The Hall–Kier alpha value is -2.73. The standard InChI is InChI=1S/C19H22N4O2/c24-18(17-8-4-5-9-20-17)21-10-11-22-12-14-23(15-13-22)19(25)16-6-2-1-3-7-16/h1-9H,10-15H2,(H,21,24). The number of aromatic nitrogens is 1. The number of rotatable bonds is 5. The third-order valence-electron chi connectivity index (χ3n) is 4.29. The van der Waals surface area contributed by atoms with E-state index in [9.17, 15) is 9.59 Å². The molecule has 3 rings (SSSR count). The maximum atomic E-state index is 12.4. The smallest absolute Gasteiger partial charge is 0.269 e. The van der Waals surface area contributed by atoms with Crippen molar-refractivity contribution in [2.24, 2.45) is 0 Å². The molecule has 0 spiro atoms. The Balaban J connectivity index is 1.39. The minimum atomic E-state index is -0.154. The number of carbonyl (C=O) groups excluding carboxylic acids is 2. The van der Waals surface area contributed by atoms with Gasteiger partial charge in [0.05, 0.1) is 0 Å². The quantitative estimate of drug-likeness (QED) is 0.892. The van der Waals surface area contributed by atoms with E-state index < -0.39 is 0 Å². The van der Waals surface area contributed by atoms with Gasteiger partial charge in [-0.2, -0.15) is 0 Å². The molecule has 2 heterocycles. The first-order valence-electron chi connectivity index (χ1n) is 8.50. The normalized spacial score (nSPS) is 15.0. The second-order valence-electron chi connectivity index (χ2n) is 5.97. The molecule has 130 valence electrons. The molecule has 0 aliphatic carbocycles. The molecule has 25 heavy (non-hydrogen) atoms. The fourth-order valence-electron chi connectivity index (χ4n) is 2.85. The molecule has 1 aliphatic heterocycles. The molecule has 2 aromatic rings. The molecule has 1 aromatic carbocycles. The molecular weight excluding hydrogens is 316 g/mol. The third-order valence-corrected chi connectivity index (χ3v) is 4.29. The monoisotopic (exact) mass is 338 g/mol. The van der Waals surface area contributed by atoms with Crippen LogP contribution in [0.1, 0.15) is 20.8 Å². The minimum absolute atomic E-state index is 0.0868. The van der Waals surface area contributed by atoms with E-state index in [4.69, 9.17) is 0 Å². The molecule has 0 radical (unpaired) electrons. The number of hydrogen-bond donors (Lipinski definition) is 1. The lowest BCUT2D eigenvalue weighted by atomic mass is 10.2. The number of hydrogen-bond acceptors (Lipinski definition) is 4. The lowest BCUT2D eigenvalue weighted by Crippen LogP contribution is -2.50. The molecular formula is C19H22N4O2. The van der Waals surface area contributed by atoms with Crippen molar-refractivity contribution in [2.45, 2.75) is 0 Å². The molecule has 0 unspecified atom stereocenters. The van der Waals surface area contributed by atoms with Crippen LogP contribution < -0.4 is 5.32 Å². The van der Waals surface area contributed by atoms with Crippen molar-refractivity contribution in [3.63, 3.8) is 0 Å². The van der Waals surface area contributed by atoms with Crippen LogP contribution in [0.15, 0.2) is 54.7 Å². The number of nitrogens with zero attached hydrogens (tertiary/aromatic N) is 3. The number of piperazine rings is 1. The summed E-state index contributed by atoms with van der Waals surface area (Å²) in [6.45, 7) is 4.40. The molecule has 1 fully saturated rings. The summed E-state index contributed by atoms with van der Waals surface area (Å²) in [4.78, 5) is 32.5. The summed E-state index contributed by atoms with van der Waals surface area (Å²) in [5, 5.41) is 2.88. The third kappa shape index (κ3) is 4.64. The Morgan fingerprint density at radius 2 is 1.68 bits per heavy atom. The van der Waals surface area contributed by atoms with Crippen LogP contribution in [0.5, 0.6) is 0 Å². The average Bonchev–Trinajstić information content (AvgIpc) is 2.69. The molecule has 2 amide bonds. The summed E-state index contributed by atoms with van der Waals surface area (Å²) >= 11 is 0. The highest BCUT2D eigenvalue weighted by molar-refractivity contribution is 5.94. The van der Waals surface area contributed by atoms with Crippen molar-refractivity contribution in [2.75, 3.05) is 39.3 Å². The van der Waals surface area contributed by atoms with E-state index in [1.54, 1.807) is 24.4 Å². The first kappa shape index (κ1) is 17.1. The molecule has 1 aliphatic rings. The lowest BCUT2D eigenvalue weighted by Gasteiger charge is -2.34. The molecule has 0 atom stereocenters. The first-order valence-corrected chi connectivity index (χ1v) is 8.50. The fourth-order valence-corrected chi connectivity index (χ4v) is 2.85. The van der Waals surface area contributed by atoms with Gasteiger partial charge in [0.15, 0.2) is 0 Å². The maximum Gasteiger partial charge on any atom is 0.269 e. The number of carbonyl (C=O) groups is 2.